The van der Waals surface area contributed by atoms with Gasteiger partial charge < -0.3 is 19.7 Å². The third-order valence-electron chi connectivity index (χ3n) is 6.93. The van der Waals surface area contributed by atoms with Crippen molar-refractivity contribution < 1.29 is 24.5 Å². The molecule has 0 bridgehead atoms. The molecule has 187 valence electrons. The smallest absolute Gasteiger partial charge is 0.303 e. The van der Waals surface area contributed by atoms with Crippen LogP contribution in [0.25, 0.3) is 0 Å². The van der Waals surface area contributed by atoms with Gasteiger partial charge in [0.1, 0.15) is 0 Å². The van der Waals surface area contributed by atoms with Crippen molar-refractivity contribution in [2.45, 2.75) is 104 Å². The maximum absolute atomic E-state index is 10.3. The SMILES string of the molecule is C1CCOC1.C1CCOC1.CC1CCC(CC(=O)O)CC1.CC1CCC(CCO)CC1.[B]. The fourth-order valence-electron chi connectivity index (χ4n) is 4.60. The summed E-state index contributed by atoms with van der Waals surface area (Å²) in [6.07, 6.45) is 16.7. The molecule has 2 saturated heterocycles. The first-order valence-corrected chi connectivity index (χ1v) is 13.0. The van der Waals surface area contributed by atoms with E-state index in [1.165, 1.54) is 64.2 Å². The highest BCUT2D eigenvalue weighted by Gasteiger charge is 2.20. The van der Waals surface area contributed by atoms with Crippen LogP contribution in [0.5, 0.6) is 0 Å². The van der Waals surface area contributed by atoms with Crippen LogP contribution < -0.4 is 0 Å². The molecule has 0 atom stereocenters. The highest BCUT2D eigenvalue weighted by atomic mass is 16.5. The lowest BCUT2D eigenvalue weighted by molar-refractivity contribution is -0.138. The van der Waals surface area contributed by atoms with Crippen LogP contribution in [0.4, 0.5) is 0 Å². The first-order valence-electron chi connectivity index (χ1n) is 13.0. The van der Waals surface area contributed by atoms with Gasteiger partial charge in [0, 0.05) is 47.9 Å². The topological polar surface area (TPSA) is 76.0 Å². The van der Waals surface area contributed by atoms with Gasteiger partial charge in [-0.25, -0.2) is 0 Å². The zero-order valence-corrected chi connectivity index (χ0v) is 20.9. The van der Waals surface area contributed by atoms with E-state index < -0.39 is 5.97 Å². The van der Waals surface area contributed by atoms with Crippen LogP contribution in [0.1, 0.15) is 104 Å². The zero-order chi connectivity index (χ0) is 22.7. The molecule has 5 nitrogen and oxygen atoms in total. The molecule has 3 radical (unpaired) electrons. The van der Waals surface area contributed by atoms with Gasteiger partial charge in [-0.2, -0.15) is 0 Å². The van der Waals surface area contributed by atoms with Gasteiger partial charge in [-0.15, -0.1) is 0 Å². The summed E-state index contributed by atoms with van der Waals surface area (Å²) < 4.78 is 9.89. The maximum Gasteiger partial charge on any atom is 0.303 e. The number of aliphatic hydroxyl groups is 1. The standard InChI is InChI=1S/C9H16O2.C9H18O.2C4H8O.B/c1-7-2-4-8(5-3-7)6-9(10)11;1-8-2-4-9(5-3-8)6-7-10;2*1-2-4-5-3-1;/h7-8H,2-6H2,1H3,(H,10,11);8-10H,2-7H2,1H3;2*1-4H2;. The van der Waals surface area contributed by atoms with E-state index in [1.54, 1.807) is 0 Å². The van der Waals surface area contributed by atoms with E-state index in [1.807, 2.05) is 0 Å². The van der Waals surface area contributed by atoms with Gasteiger partial charge in [-0.05, 0) is 68.6 Å². The van der Waals surface area contributed by atoms with Crippen molar-refractivity contribution in [3.05, 3.63) is 0 Å². The second-order valence-corrected chi connectivity index (χ2v) is 10.0. The Labute approximate surface area is 199 Å². The van der Waals surface area contributed by atoms with E-state index in [9.17, 15) is 4.79 Å². The van der Waals surface area contributed by atoms with Crippen molar-refractivity contribution in [3.8, 4) is 0 Å². The lowest BCUT2D eigenvalue weighted by Gasteiger charge is -2.25. The molecule has 4 rings (SSSR count). The minimum absolute atomic E-state index is 0. The van der Waals surface area contributed by atoms with Crippen molar-refractivity contribution >= 4 is 14.4 Å². The van der Waals surface area contributed by atoms with Gasteiger partial charge in [0.2, 0.25) is 0 Å². The highest BCUT2D eigenvalue weighted by Crippen LogP contribution is 2.30. The van der Waals surface area contributed by atoms with E-state index >= 15 is 0 Å². The summed E-state index contributed by atoms with van der Waals surface area (Å²) in [5.74, 6) is 2.42. The van der Waals surface area contributed by atoms with Crippen LogP contribution in [-0.2, 0) is 14.3 Å². The number of hydrogen-bond donors (Lipinski definition) is 2. The summed E-state index contributed by atoms with van der Waals surface area (Å²) in [5.41, 5.74) is 0. The maximum atomic E-state index is 10.3. The molecule has 0 aromatic heterocycles. The largest absolute Gasteiger partial charge is 0.481 e. The second kappa shape index (κ2) is 21.0. The van der Waals surface area contributed by atoms with E-state index in [0.29, 0.717) is 18.9 Å². The van der Waals surface area contributed by atoms with Crippen LogP contribution in [-0.4, -0.2) is 57.6 Å². The van der Waals surface area contributed by atoms with Crippen LogP contribution in [0.15, 0.2) is 0 Å². The lowest BCUT2D eigenvalue weighted by Crippen LogP contribution is -2.15. The second-order valence-electron chi connectivity index (χ2n) is 10.0. The summed E-state index contributed by atoms with van der Waals surface area (Å²) in [6, 6.07) is 0. The predicted octanol–water partition coefficient (Wildman–Crippen LogP) is 5.70. The van der Waals surface area contributed by atoms with Gasteiger partial charge in [0.15, 0.2) is 0 Å². The summed E-state index contributed by atoms with van der Waals surface area (Å²) in [6.45, 7) is 8.96. The first-order chi connectivity index (χ1) is 15.0. The first kappa shape index (κ1) is 31.4. The monoisotopic (exact) mass is 453 g/mol. The summed E-state index contributed by atoms with van der Waals surface area (Å²) in [7, 11) is 0. The highest BCUT2D eigenvalue weighted by molar-refractivity contribution is 5.75. The molecule has 2 aliphatic heterocycles. The van der Waals surface area contributed by atoms with E-state index in [2.05, 4.69) is 13.8 Å². The average Bonchev–Trinajstić information content (AvgIpc) is 3.51. The van der Waals surface area contributed by atoms with Gasteiger partial charge in [-0.1, -0.05) is 52.4 Å². The third kappa shape index (κ3) is 17.9. The van der Waals surface area contributed by atoms with Gasteiger partial charge in [0.25, 0.3) is 0 Å². The van der Waals surface area contributed by atoms with Crippen LogP contribution in [0, 0.1) is 23.7 Å². The molecule has 0 amide bonds. The zero-order valence-electron chi connectivity index (χ0n) is 20.9. The van der Waals surface area contributed by atoms with Crippen molar-refractivity contribution in [1.82, 2.24) is 0 Å². The fraction of sp³-hybridized carbons (Fsp3) is 0.962. The lowest BCUT2D eigenvalue weighted by atomic mass is 9.81. The van der Waals surface area contributed by atoms with Gasteiger partial charge in [0.05, 0.1) is 0 Å². The van der Waals surface area contributed by atoms with Gasteiger partial charge >= 0.3 is 5.97 Å². The number of carboxylic acid groups (broad SMARTS) is 1. The Balaban J connectivity index is 0.000000418. The Morgan fingerprint density at radius 3 is 1.38 bits per heavy atom. The molecule has 2 saturated carbocycles. The number of carboxylic acids is 1. The molecule has 6 heteroatoms. The summed E-state index contributed by atoms with van der Waals surface area (Å²) in [5, 5.41) is 17.2. The Kier molecular flexibility index (Phi) is 20.6. The molecule has 0 aromatic carbocycles. The number of carbonyl (C=O) groups is 1. The van der Waals surface area contributed by atoms with Crippen LogP contribution >= 0.6 is 0 Å². The van der Waals surface area contributed by atoms with Crippen LogP contribution in [0.3, 0.4) is 0 Å². The molecule has 0 aromatic rings. The molecule has 2 aliphatic carbocycles. The summed E-state index contributed by atoms with van der Waals surface area (Å²) in [4.78, 5) is 10.3. The van der Waals surface area contributed by atoms with Crippen molar-refractivity contribution in [2.75, 3.05) is 33.0 Å². The molecular weight excluding hydrogens is 403 g/mol. The minimum Gasteiger partial charge on any atom is -0.481 e. The number of rotatable bonds is 4. The van der Waals surface area contributed by atoms with E-state index in [-0.39, 0.29) is 8.41 Å². The number of aliphatic carboxylic acids is 1. The molecule has 2 N–H and O–H groups in total. The van der Waals surface area contributed by atoms with Crippen LogP contribution in [0.2, 0.25) is 0 Å². The molecule has 4 aliphatic rings. The molecule has 0 spiro atoms. The Bertz CT molecular complexity index is 385. The molecule has 2 heterocycles. The molecule has 32 heavy (non-hydrogen) atoms. The number of hydrogen-bond acceptors (Lipinski definition) is 4. The Morgan fingerprint density at radius 1 is 0.719 bits per heavy atom. The molecular formula is C26H50BO5. The quantitative estimate of drug-likeness (QED) is 0.535. The fourth-order valence-corrected chi connectivity index (χ4v) is 4.60. The summed E-state index contributed by atoms with van der Waals surface area (Å²) >= 11 is 0. The van der Waals surface area contributed by atoms with E-state index in [4.69, 9.17) is 19.7 Å². The number of ether oxygens (including phenoxy) is 2. The van der Waals surface area contributed by atoms with Crippen molar-refractivity contribution in [1.29, 1.82) is 0 Å². The normalized spacial score (nSPS) is 29.1. The minimum atomic E-state index is -0.635. The number of aliphatic hydroxyl groups excluding tert-OH is 1. The molecule has 4 fully saturated rings. The Morgan fingerprint density at radius 2 is 1.09 bits per heavy atom. The van der Waals surface area contributed by atoms with E-state index in [0.717, 1.165) is 63.4 Å². The van der Waals surface area contributed by atoms with Crippen molar-refractivity contribution in [3.63, 3.8) is 0 Å². The van der Waals surface area contributed by atoms with Gasteiger partial charge in [-0.3, -0.25) is 4.79 Å². The molecule has 0 unspecified atom stereocenters. The Hall–Kier alpha value is -0.585. The van der Waals surface area contributed by atoms with Crippen molar-refractivity contribution in [2.24, 2.45) is 23.7 Å². The third-order valence-corrected chi connectivity index (χ3v) is 6.93. The predicted molar refractivity (Wildman–Crippen MR) is 132 cm³/mol. The average molecular weight is 453 g/mol.